The number of hydrogen-bond donors (Lipinski definition) is 2. The van der Waals surface area contributed by atoms with Crippen LogP contribution in [0.4, 0.5) is 5.69 Å². The molecule has 1 rings (SSSR count). The second kappa shape index (κ2) is 6.56. The van der Waals surface area contributed by atoms with Crippen molar-refractivity contribution < 1.29 is 13.5 Å². The van der Waals surface area contributed by atoms with Gasteiger partial charge in [-0.05, 0) is 32.4 Å². The fourth-order valence-corrected chi connectivity index (χ4v) is 3.39. The number of aliphatic hydroxyl groups is 1. The van der Waals surface area contributed by atoms with E-state index in [0.29, 0.717) is 12.2 Å². The van der Waals surface area contributed by atoms with Gasteiger partial charge in [-0.1, -0.05) is 19.1 Å². The summed E-state index contributed by atoms with van der Waals surface area (Å²) in [5.41, 5.74) is -0.481. The van der Waals surface area contributed by atoms with Crippen LogP contribution in [-0.2, 0) is 10.0 Å². The maximum absolute atomic E-state index is 12.6. The minimum absolute atomic E-state index is 0.0391. The molecule has 1 aromatic rings. The molecule has 0 aliphatic carbocycles. The summed E-state index contributed by atoms with van der Waals surface area (Å²) in [6.07, 6.45) is 0.911. The van der Waals surface area contributed by atoms with Gasteiger partial charge in [-0.2, -0.15) is 4.31 Å². The highest BCUT2D eigenvalue weighted by atomic mass is 32.2. The first kappa shape index (κ1) is 16.9. The summed E-state index contributed by atoms with van der Waals surface area (Å²) in [6, 6.07) is 6.82. The van der Waals surface area contributed by atoms with Gasteiger partial charge in [0.1, 0.15) is 4.90 Å². The number of hydrogen-bond acceptors (Lipinski definition) is 4. The van der Waals surface area contributed by atoms with Crippen LogP contribution in [-0.4, -0.2) is 43.6 Å². The lowest BCUT2D eigenvalue weighted by atomic mass is 10.1. The summed E-state index contributed by atoms with van der Waals surface area (Å²) in [5, 5.41) is 12.9. The van der Waals surface area contributed by atoms with E-state index in [1.54, 1.807) is 38.1 Å². The molecule has 20 heavy (non-hydrogen) atoms. The number of nitrogens with zero attached hydrogens (tertiary/aromatic N) is 1. The first-order valence-corrected chi connectivity index (χ1v) is 8.14. The number of nitrogens with one attached hydrogen (secondary N) is 1. The van der Waals surface area contributed by atoms with E-state index < -0.39 is 15.6 Å². The van der Waals surface area contributed by atoms with E-state index in [2.05, 4.69) is 5.32 Å². The SMILES string of the molecule is CCCNc1ccccc1S(=O)(=O)N(C)CC(C)(C)O. The van der Waals surface area contributed by atoms with Gasteiger partial charge in [0.2, 0.25) is 10.0 Å². The fourth-order valence-electron chi connectivity index (χ4n) is 1.90. The Morgan fingerprint density at radius 3 is 2.45 bits per heavy atom. The highest BCUT2D eigenvalue weighted by Crippen LogP contribution is 2.24. The Bertz CT molecular complexity index is 536. The smallest absolute Gasteiger partial charge is 0.244 e. The third-order valence-electron chi connectivity index (χ3n) is 2.75. The van der Waals surface area contributed by atoms with Gasteiger partial charge in [-0.25, -0.2) is 8.42 Å². The van der Waals surface area contributed by atoms with Crippen LogP contribution in [0.2, 0.25) is 0 Å². The first-order valence-electron chi connectivity index (χ1n) is 6.70. The van der Waals surface area contributed by atoms with E-state index in [9.17, 15) is 13.5 Å². The molecule has 2 N–H and O–H groups in total. The van der Waals surface area contributed by atoms with Crippen LogP contribution in [0.3, 0.4) is 0 Å². The molecule has 0 bridgehead atoms. The van der Waals surface area contributed by atoms with Crippen LogP contribution >= 0.6 is 0 Å². The summed E-state index contributed by atoms with van der Waals surface area (Å²) in [5.74, 6) is 0. The first-order chi connectivity index (χ1) is 9.18. The Morgan fingerprint density at radius 1 is 1.30 bits per heavy atom. The van der Waals surface area contributed by atoms with Gasteiger partial charge in [0, 0.05) is 20.1 Å². The van der Waals surface area contributed by atoms with Crippen molar-refractivity contribution in [2.45, 2.75) is 37.7 Å². The second-order valence-electron chi connectivity index (χ2n) is 5.50. The maximum atomic E-state index is 12.6. The summed E-state index contributed by atoms with van der Waals surface area (Å²) in [4.78, 5) is 0.236. The van der Waals surface area contributed by atoms with E-state index in [1.165, 1.54) is 11.4 Å². The van der Waals surface area contributed by atoms with Crippen LogP contribution in [0.25, 0.3) is 0 Å². The summed E-state index contributed by atoms with van der Waals surface area (Å²) < 4.78 is 26.3. The zero-order valence-corrected chi connectivity index (χ0v) is 13.4. The molecule has 0 aromatic heterocycles. The molecule has 0 amide bonds. The number of likely N-dealkylation sites (N-methyl/N-ethyl adjacent to an activating group) is 1. The minimum atomic E-state index is -3.62. The molecule has 114 valence electrons. The molecular weight excluding hydrogens is 276 g/mol. The van der Waals surface area contributed by atoms with Gasteiger partial charge in [-0.3, -0.25) is 0 Å². The van der Waals surface area contributed by atoms with Gasteiger partial charge in [0.05, 0.1) is 11.3 Å². The van der Waals surface area contributed by atoms with Crippen molar-refractivity contribution in [3.05, 3.63) is 24.3 Å². The van der Waals surface area contributed by atoms with Crippen LogP contribution in [0, 0.1) is 0 Å². The average molecular weight is 300 g/mol. The summed E-state index contributed by atoms with van der Waals surface area (Å²) >= 11 is 0. The van der Waals surface area contributed by atoms with E-state index in [0.717, 1.165) is 6.42 Å². The molecule has 1 aromatic carbocycles. The van der Waals surface area contributed by atoms with Crippen LogP contribution in [0.5, 0.6) is 0 Å². The molecule has 0 spiro atoms. The third kappa shape index (κ3) is 4.47. The van der Waals surface area contributed by atoms with Crippen molar-refractivity contribution in [1.82, 2.24) is 4.31 Å². The quantitative estimate of drug-likeness (QED) is 0.807. The van der Waals surface area contributed by atoms with Crippen molar-refractivity contribution >= 4 is 15.7 Å². The molecule has 0 saturated heterocycles. The molecule has 6 heteroatoms. The van der Waals surface area contributed by atoms with Crippen molar-refractivity contribution in [3.8, 4) is 0 Å². The zero-order valence-electron chi connectivity index (χ0n) is 12.5. The van der Waals surface area contributed by atoms with Gasteiger partial charge >= 0.3 is 0 Å². The Kier molecular flexibility index (Phi) is 5.56. The Balaban J connectivity index is 3.09. The molecule has 0 aliphatic rings. The largest absolute Gasteiger partial charge is 0.389 e. The van der Waals surface area contributed by atoms with Crippen LogP contribution in [0.15, 0.2) is 29.2 Å². The predicted octanol–water partition coefficient (Wildman–Crippen LogP) is 1.90. The second-order valence-corrected chi connectivity index (χ2v) is 7.51. The van der Waals surface area contributed by atoms with Gasteiger partial charge in [0.15, 0.2) is 0 Å². The average Bonchev–Trinajstić information content (AvgIpc) is 2.34. The van der Waals surface area contributed by atoms with Gasteiger partial charge in [-0.15, -0.1) is 0 Å². The van der Waals surface area contributed by atoms with E-state index in [1.807, 2.05) is 6.92 Å². The number of rotatable bonds is 7. The van der Waals surface area contributed by atoms with Crippen molar-refractivity contribution in [3.63, 3.8) is 0 Å². The molecular formula is C14H24N2O3S. The lowest BCUT2D eigenvalue weighted by Crippen LogP contribution is -2.39. The van der Waals surface area contributed by atoms with Crippen molar-refractivity contribution in [2.24, 2.45) is 0 Å². The van der Waals surface area contributed by atoms with E-state index >= 15 is 0 Å². The predicted molar refractivity (Wildman–Crippen MR) is 81.3 cm³/mol. The number of anilines is 1. The fraction of sp³-hybridized carbons (Fsp3) is 0.571. The Hall–Kier alpha value is -1.11. The lowest BCUT2D eigenvalue weighted by molar-refractivity contribution is 0.0640. The van der Waals surface area contributed by atoms with E-state index in [4.69, 9.17) is 0 Å². The third-order valence-corrected chi connectivity index (χ3v) is 4.61. The normalized spacial score (nSPS) is 12.7. The summed E-state index contributed by atoms with van der Waals surface area (Å²) in [7, 11) is -2.15. The van der Waals surface area contributed by atoms with Gasteiger partial charge < -0.3 is 10.4 Å². The topological polar surface area (TPSA) is 69.6 Å². The highest BCUT2D eigenvalue weighted by Gasteiger charge is 2.28. The standard InChI is InChI=1S/C14H24N2O3S/c1-5-10-15-12-8-6-7-9-13(12)20(18,19)16(4)11-14(2,3)17/h6-9,15,17H,5,10-11H2,1-4H3. The molecule has 0 radical (unpaired) electrons. The monoisotopic (exact) mass is 300 g/mol. The van der Waals surface area contributed by atoms with Gasteiger partial charge in [0.25, 0.3) is 0 Å². The molecule has 0 atom stereocenters. The molecule has 0 saturated carbocycles. The summed E-state index contributed by atoms with van der Waals surface area (Å²) in [6.45, 7) is 5.93. The molecule has 0 heterocycles. The minimum Gasteiger partial charge on any atom is -0.389 e. The molecule has 5 nitrogen and oxygen atoms in total. The van der Waals surface area contributed by atoms with Crippen molar-refractivity contribution in [2.75, 3.05) is 25.5 Å². The Morgan fingerprint density at radius 2 is 1.90 bits per heavy atom. The number of para-hydroxylation sites is 1. The highest BCUT2D eigenvalue weighted by molar-refractivity contribution is 7.89. The number of sulfonamides is 1. The zero-order chi connectivity index (χ0) is 15.4. The molecule has 0 fully saturated rings. The maximum Gasteiger partial charge on any atom is 0.244 e. The van der Waals surface area contributed by atoms with Crippen LogP contribution < -0.4 is 5.32 Å². The van der Waals surface area contributed by atoms with Crippen LogP contribution in [0.1, 0.15) is 27.2 Å². The Labute approximate surface area is 121 Å². The lowest BCUT2D eigenvalue weighted by Gasteiger charge is -2.26. The molecule has 0 unspecified atom stereocenters. The molecule has 0 aliphatic heterocycles. The van der Waals surface area contributed by atoms with E-state index in [-0.39, 0.29) is 11.4 Å². The number of benzene rings is 1. The van der Waals surface area contributed by atoms with Crippen molar-refractivity contribution in [1.29, 1.82) is 0 Å².